The number of ether oxygens (including phenoxy) is 1. The van der Waals surface area contributed by atoms with Crippen LogP contribution in [0.5, 0.6) is 0 Å². The molecule has 3 aliphatic rings. The average molecular weight is 463 g/mol. The van der Waals surface area contributed by atoms with Gasteiger partial charge < -0.3 is 14.5 Å². The predicted octanol–water partition coefficient (Wildman–Crippen LogP) is 3.26. The fraction of sp³-hybridized carbons (Fsp3) is 0.480. The second-order valence-corrected chi connectivity index (χ2v) is 10.1. The Kier molecular flexibility index (Phi) is 5.84. The molecule has 1 aromatic carbocycles. The minimum atomic E-state index is 0.744. The Hall–Kier alpha value is -2.39. The Balaban J connectivity index is 1.38. The standard InChI is InChI=1S/C25H30N6OS/c1-2-29-6-8-30(9-7-29)17-19-14-22-23(33-19)25(31-10-12-32-13-11-31)28-24(27-22)20-5-3-4-18-15-26-16-21(18)20/h3-5,14,16H,2,6-13,15,17H2,1H3. The first-order valence-electron chi connectivity index (χ1n) is 12.0. The summed E-state index contributed by atoms with van der Waals surface area (Å²) in [6, 6.07) is 8.66. The number of morpholine rings is 1. The fourth-order valence-electron chi connectivity index (χ4n) is 4.97. The SMILES string of the molecule is CCN1CCN(Cc2cc3nc(-c4cccc5c4C=NC5)nc(N4CCOCC4)c3s2)CC1. The third kappa shape index (κ3) is 4.17. The molecule has 3 aromatic rings. The van der Waals surface area contributed by atoms with Crippen molar-refractivity contribution in [3.05, 3.63) is 40.3 Å². The normalized spacial score (nSPS) is 19.5. The number of aromatic nitrogens is 2. The smallest absolute Gasteiger partial charge is 0.162 e. The maximum atomic E-state index is 5.62. The van der Waals surface area contributed by atoms with Gasteiger partial charge >= 0.3 is 0 Å². The van der Waals surface area contributed by atoms with Crippen molar-refractivity contribution < 1.29 is 4.74 Å². The van der Waals surface area contributed by atoms with Gasteiger partial charge in [-0.15, -0.1) is 11.3 Å². The first-order valence-corrected chi connectivity index (χ1v) is 12.8. The molecule has 6 rings (SSSR count). The van der Waals surface area contributed by atoms with Crippen molar-refractivity contribution in [3.63, 3.8) is 0 Å². The maximum Gasteiger partial charge on any atom is 0.162 e. The van der Waals surface area contributed by atoms with Crippen molar-refractivity contribution in [2.24, 2.45) is 4.99 Å². The van der Waals surface area contributed by atoms with Crippen LogP contribution in [0.3, 0.4) is 0 Å². The number of aliphatic imine (C=N–C) groups is 1. The van der Waals surface area contributed by atoms with Crippen LogP contribution in [0.15, 0.2) is 29.3 Å². The molecule has 0 saturated carbocycles. The van der Waals surface area contributed by atoms with Crippen molar-refractivity contribution in [2.45, 2.75) is 20.0 Å². The zero-order valence-corrected chi connectivity index (χ0v) is 20.0. The van der Waals surface area contributed by atoms with Gasteiger partial charge in [-0.05, 0) is 18.2 Å². The molecule has 0 N–H and O–H groups in total. The Morgan fingerprint density at radius 1 is 1.00 bits per heavy atom. The number of hydrogen-bond acceptors (Lipinski definition) is 8. The van der Waals surface area contributed by atoms with Crippen molar-refractivity contribution in [1.82, 2.24) is 19.8 Å². The predicted molar refractivity (Wildman–Crippen MR) is 135 cm³/mol. The van der Waals surface area contributed by atoms with Crippen LogP contribution in [0.2, 0.25) is 0 Å². The van der Waals surface area contributed by atoms with Crippen LogP contribution in [-0.4, -0.2) is 85.0 Å². The summed E-state index contributed by atoms with van der Waals surface area (Å²) < 4.78 is 6.82. The molecular formula is C25H30N6OS. The van der Waals surface area contributed by atoms with E-state index in [4.69, 9.17) is 14.7 Å². The molecule has 172 valence electrons. The monoisotopic (exact) mass is 462 g/mol. The molecule has 5 heterocycles. The largest absolute Gasteiger partial charge is 0.378 e. The highest BCUT2D eigenvalue weighted by atomic mass is 32.1. The van der Waals surface area contributed by atoms with Crippen LogP contribution in [0.1, 0.15) is 22.9 Å². The van der Waals surface area contributed by atoms with Crippen molar-refractivity contribution in [2.75, 3.05) is 63.9 Å². The Labute approximate surface area is 198 Å². The Morgan fingerprint density at radius 3 is 2.64 bits per heavy atom. The van der Waals surface area contributed by atoms with E-state index < -0.39 is 0 Å². The number of anilines is 1. The van der Waals surface area contributed by atoms with Crippen LogP contribution in [0.25, 0.3) is 21.6 Å². The average Bonchev–Trinajstić information content (AvgIpc) is 3.51. The molecule has 2 saturated heterocycles. The highest BCUT2D eigenvalue weighted by molar-refractivity contribution is 7.19. The lowest BCUT2D eigenvalue weighted by Gasteiger charge is -2.33. The number of benzene rings is 1. The molecule has 2 aromatic heterocycles. The molecule has 2 fully saturated rings. The molecule has 7 nitrogen and oxygen atoms in total. The summed E-state index contributed by atoms with van der Waals surface area (Å²) >= 11 is 1.86. The third-order valence-corrected chi connectivity index (χ3v) is 8.03. The van der Waals surface area contributed by atoms with Gasteiger partial charge in [-0.1, -0.05) is 25.1 Å². The van der Waals surface area contributed by atoms with Crippen molar-refractivity contribution in [3.8, 4) is 11.4 Å². The number of thiophene rings is 1. The summed E-state index contributed by atoms with van der Waals surface area (Å²) in [4.78, 5) is 23.5. The van der Waals surface area contributed by atoms with E-state index in [0.29, 0.717) is 0 Å². The van der Waals surface area contributed by atoms with E-state index in [-0.39, 0.29) is 0 Å². The Bertz CT molecular complexity index is 1180. The van der Waals surface area contributed by atoms with Gasteiger partial charge in [0.1, 0.15) is 0 Å². The second kappa shape index (κ2) is 9.10. The quantitative estimate of drug-likeness (QED) is 0.580. The van der Waals surface area contributed by atoms with E-state index in [0.717, 1.165) is 100 Å². The summed E-state index contributed by atoms with van der Waals surface area (Å²) in [7, 11) is 0. The first kappa shape index (κ1) is 21.2. The number of nitrogens with zero attached hydrogens (tertiary/aromatic N) is 6. The van der Waals surface area contributed by atoms with E-state index in [1.165, 1.54) is 15.1 Å². The lowest BCUT2D eigenvalue weighted by Crippen LogP contribution is -2.45. The molecule has 0 radical (unpaired) electrons. The van der Waals surface area contributed by atoms with Crippen LogP contribution in [0.4, 0.5) is 5.82 Å². The summed E-state index contributed by atoms with van der Waals surface area (Å²) in [6.45, 7) is 12.9. The zero-order valence-electron chi connectivity index (χ0n) is 19.2. The maximum absolute atomic E-state index is 5.62. The molecule has 0 amide bonds. The molecule has 3 aliphatic heterocycles. The van der Waals surface area contributed by atoms with Gasteiger partial charge in [-0.25, -0.2) is 9.97 Å². The highest BCUT2D eigenvalue weighted by Gasteiger charge is 2.23. The summed E-state index contributed by atoms with van der Waals surface area (Å²) in [5.41, 5.74) is 4.55. The van der Waals surface area contributed by atoms with Gasteiger partial charge in [0.25, 0.3) is 0 Å². The molecule has 0 bridgehead atoms. The molecular weight excluding hydrogens is 432 g/mol. The molecule has 0 unspecified atom stereocenters. The molecule has 0 aliphatic carbocycles. The fourth-order valence-corrected chi connectivity index (χ4v) is 6.12. The lowest BCUT2D eigenvalue weighted by atomic mass is 10.0. The van der Waals surface area contributed by atoms with Crippen LogP contribution >= 0.6 is 11.3 Å². The second-order valence-electron chi connectivity index (χ2n) is 8.96. The van der Waals surface area contributed by atoms with Crippen molar-refractivity contribution >= 4 is 33.6 Å². The van der Waals surface area contributed by atoms with E-state index in [9.17, 15) is 0 Å². The first-order chi connectivity index (χ1) is 16.3. The van der Waals surface area contributed by atoms with Gasteiger partial charge in [-0.3, -0.25) is 9.89 Å². The van der Waals surface area contributed by atoms with Crippen LogP contribution in [-0.2, 0) is 17.8 Å². The zero-order chi connectivity index (χ0) is 22.2. The van der Waals surface area contributed by atoms with E-state index >= 15 is 0 Å². The van der Waals surface area contributed by atoms with E-state index in [2.05, 4.69) is 50.9 Å². The summed E-state index contributed by atoms with van der Waals surface area (Å²) in [5, 5.41) is 0. The minimum absolute atomic E-state index is 0.744. The number of hydrogen-bond donors (Lipinski definition) is 0. The number of piperazine rings is 1. The van der Waals surface area contributed by atoms with Crippen LogP contribution in [0, 0.1) is 0 Å². The highest BCUT2D eigenvalue weighted by Crippen LogP contribution is 2.36. The molecule has 33 heavy (non-hydrogen) atoms. The van der Waals surface area contributed by atoms with Gasteiger partial charge in [0.15, 0.2) is 11.6 Å². The topological polar surface area (TPSA) is 57.1 Å². The summed E-state index contributed by atoms with van der Waals surface area (Å²) in [5.74, 6) is 1.85. The summed E-state index contributed by atoms with van der Waals surface area (Å²) in [6.07, 6.45) is 1.97. The number of likely N-dealkylation sites (N-methyl/N-ethyl adjacent to an activating group) is 1. The Morgan fingerprint density at radius 2 is 1.82 bits per heavy atom. The van der Waals surface area contributed by atoms with Gasteiger partial charge in [-0.2, -0.15) is 0 Å². The molecule has 0 atom stereocenters. The van der Waals surface area contributed by atoms with E-state index in [1.54, 1.807) is 0 Å². The minimum Gasteiger partial charge on any atom is -0.378 e. The lowest BCUT2D eigenvalue weighted by molar-refractivity contribution is 0.122. The number of fused-ring (bicyclic) bond motifs is 2. The van der Waals surface area contributed by atoms with Gasteiger partial charge in [0.05, 0.1) is 30.0 Å². The molecule has 0 spiro atoms. The third-order valence-electron chi connectivity index (χ3n) is 6.93. The van der Waals surface area contributed by atoms with Crippen LogP contribution < -0.4 is 4.90 Å². The number of rotatable bonds is 5. The van der Waals surface area contributed by atoms with Crippen molar-refractivity contribution in [1.29, 1.82) is 0 Å². The van der Waals surface area contributed by atoms with Gasteiger partial charge in [0, 0.05) is 68.0 Å². The molecule has 8 heteroatoms. The van der Waals surface area contributed by atoms with Gasteiger partial charge in [0.2, 0.25) is 0 Å². The van der Waals surface area contributed by atoms with E-state index in [1.807, 2.05) is 17.6 Å².